The molecule has 0 amide bonds. The molecule has 3 atom stereocenters. The summed E-state index contributed by atoms with van der Waals surface area (Å²) in [5.41, 5.74) is 1.18. The van der Waals surface area contributed by atoms with Crippen molar-refractivity contribution in [3.05, 3.63) is 35.9 Å². The molecule has 1 aliphatic rings. The summed E-state index contributed by atoms with van der Waals surface area (Å²) in [6.45, 7) is 2.42. The van der Waals surface area contributed by atoms with Crippen LogP contribution in [0, 0.1) is 0 Å². The van der Waals surface area contributed by atoms with E-state index in [1.807, 2.05) is 30.0 Å². The fourth-order valence-electron chi connectivity index (χ4n) is 2.15. The summed E-state index contributed by atoms with van der Waals surface area (Å²) in [5, 5.41) is 13.7. The lowest BCUT2D eigenvalue weighted by molar-refractivity contribution is 0.232. The largest absolute Gasteiger partial charge is 0.394 e. The molecule has 1 aromatic carbocycles. The SMILES string of the molecule is CC1SCCC1N[C@@H](CO)c1ccccc1. The highest BCUT2D eigenvalue weighted by molar-refractivity contribution is 8.00. The normalized spacial score (nSPS) is 26.9. The lowest BCUT2D eigenvalue weighted by Crippen LogP contribution is -2.38. The second-order valence-corrected chi connectivity index (χ2v) is 5.77. The molecule has 0 bridgehead atoms. The zero-order valence-corrected chi connectivity index (χ0v) is 10.4. The summed E-state index contributed by atoms with van der Waals surface area (Å²) in [7, 11) is 0. The van der Waals surface area contributed by atoms with Crippen molar-refractivity contribution in [1.29, 1.82) is 0 Å². The van der Waals surface area contributed by atoms with Gasteiger partial charge >= 0.3 is 0 Å². The van der Waals surface area contributed by atoms with Crippen LogP contribution in [0.15, 0.2) is 30.3 Å². The van der Waals surface area contributed by atoms with Crippen molar-refractivity contribution in [2.24, 2.45) is 0 Å². The second kappa shape index (κ2) is 5.71. The summed E-state index contributed by atoms with van der Waals surface area (Å²) < 4.78 is 0. The minimum Gasteiger partial charge on any atom is -0.394 e. The fraction of sp³-hybridized carbons (Fsp3) is 0.538. The van der Waals surface area contributed by atoms with Gasteiger partial charge in [0, 0.05) is 11.3 Å². The topological polar surface area (TPSA) is 32.3 Å². The van der Waals surface area contributed by atoms with E-state index in [2.05, 4.69) is 24.4 Å². The lowest BCUT2D eigenvalue weighted by atomic mass is 10.0. The minimum absolute atomic E-state index is 0.0762. The van der Waals surface area contributed by atoms with Crippen LogP contribution in [0.4, 0.5) is 0 Å². The molecule has 1 saturated heterocycles. The van der Waals surface area contributed by atoms with Crippen LogP contribution in [0.3, 0.4) is 0 Å². The molecule has 2 N–H and O–H groups in total. The van der Waals surface area contributed by atoms with E-state index in [0.717, 1.165) is 0 Å². The van der Waals surface area contributed by atoms with E-state index in [0.29, 0.717) is 11.3 Å². The number of hydrogen-bond donors (Lipinski definition) is 2. The summed E-state index contributed by atoms with van der Waals surface area (Å²) in [5.74, 6) is 1.23. The highest BCUT2D eigenvalue weighted by Crippen LogP contribution is 2.28. The smallest absolute Gasteiger partial charge is 0.0626 e. The van der Waals surface area contributed by atoms with Crippen LogP contribution in [-0.4, -0.2) is 28.8 Å². The van der Waals surface area contributed by atoms with Gasteiger partial charge in [-0.1, -0.05) is 37.3 Å². The molecule has 2 nitrogen and oxygen atoms in total. The van der Waals surface area contributed by atoms with Crippen molar-refractivity contribution in [3.8, 4) is 0 Å². The van der Waals surface area contributed by atoms with E-state index < -0.39 is 0 Å². The van der Waals surface area contributed by atoms with Gasteiger partial charge in [0.05, 0.1) is 12.6 Å². The molecule has 0 radical (unpaired) electrons. The molecule has 0 aromatic heterocycles. The number of aliphatic hydroxyl groups excluding tert-OH is 1. The average Bonchev–Trinajstić information content (AvgIpc) is 2.73. The van der Waals surface area contributed by atoms with Crippen molar-refractivity contribution in [3.63, 3.8) is 0 Å². The maximum Gasteiger partial charge on any atom is 0.0626 e. The fourth-order valence-corrected chi connectivity index (χ4v) is 3.36. The standard InChI is InChI=1S/C13H19NOS/c1-10-12(7-8-16-10)14-13(9-15)11-5-3-2-4-6-11/h2-6,10,12-15H,7-9H2,1H3/t10?,12?,13-/m0/s1. The summed E-state index contributed by atoms with van der Waals surface area (Å²) in [6.07, 6.45) is 1.20. The first kappa shape index (κ1) is 12.0. The van der Waals surface area contributed by atoms with Crippen LogP contribution in [0.5, 0.6) is 0 Å². The van der Waals surface area contributed by atoms with E-state index in [9.17, 15) is 5.11 Å². The zero-order valence-electron chi connectivity index (χ0n) is 9.60. The van der Waals surface area contributed by atoms with Gasteiger partial charge in [-0.05, 0) is 17.7 Å². The van der Waals surface area contributed by atoms with Crippen molar-refractivity contribution in [2.45, 2.75) is 30.7 Å². The Morgan fingerprint density at radius 2 is 2.19 bits per heavy atom. The molecule has 16 heavy (non-hydrogen) atoms. The summed E-state index contributed by atoms with van der Waals surface area (Å²) in [4.78, 5) is 0. The number of nitrogens with one attached hydrogen (secondary N) is 1. The van der Waals surface area contributed by atoms with Crippen LogP contribution < -0.4 is 5.32 Å². The Morgan fingerprint density at radius 3 is 2.75 bits per heavy atom. The van der Waals surface area contributed by atoms with Gasteiger partial charge in [-0.2, -0.15) is 11.8 Å². The van der Waals surface area contributed by atoms with Crippen LogP contribution in [0.1, 0.15) is 24.9 Å². The summed E-state index contributed by atoms with van der Waals surface area (Å²) in [6, 6.07) is 10.8. The molecule has 0 saturated carbocycles. The number of benzene rings is 1. The Hall–Kier alpha value is -0.510. The molecule has 3 heteroatoms. The lowest BCUT2D eigenvalue weighted by Gasteiger charge is -2.24. The first-order valence-electron chi connectivity index (χ1n) is 5.84. The van der Waals surface area contributed by atoms with E-state index in [1.165, 1.54) is 17.7 Å². The first-order chi connectivity index (χ1) is 7.81. The Morgan fingerprint density at radius 1 is 1.44 bits per heavy atom. The van der Waals surface area contributed by atoms with E-state index in [1.54, 1.807) is 0 Å². The van der Waals surface area contributed by atoms with Gasteiger partial charge in [0.25, 0.3) is 0 Å². The van der Waals surface area contributed by atoms with E-state index >= 15 is 0 Å². The molecule has 2 unspecified atom stereocenters. The van der Waals surface area contributed by atoms with Crippen molar-refractivity contribution in [1.82, 2.24) is 5.32 Å². The van der Waals surface area contributed by atoms with Gasteiger partial charge in [-0.3, -0.25) is 0 Å². The van der Waals surface area contributed by atoms with Crippen LogP contribution in [0.2, 0.25) is 0 Å². The molecule has 0 spiro atoms. The maximum absolute atomic E-state index is 9.46. The van der Waals surface area contributed by atoms with Crippen molar-refractivity contribution >= 4 is 11.8 Å². The molecule has 1 aliphatic heterocycles. The quantitative estimate of drug-likeness (QED) is 0.842. The van der Waals surface area contributed by atoms with Crippen LogP contribution >= 0.6 is 11.8 Å². The van der Waals surface area contributed by atoms with Gasteiger partial charge in [0.15, 0.2) is 0 Å². The van der Waals surface area contributed by atoms with Crippen molar-refractivity contribution < 1.29 is 5.11 Å². The summed E-state index contributed by atoms with van der Waals surface area (Å²) >= 11 is 2.01. The molecular weight excluding hydrogens is 218 g/mol. The third kappa shape index (κ3) is 2.78. The van der Waals surface area contributed by atoms with Crippen LogP contribution in [-0.2, 0) is 0 Å². The molecule has 0 aliphatic carbocycles. The number of hydrogen-bond acceptors (Lipinski definition) is 3. The van der Waals surface area contributed by atoms with Gasteiger partial charge in [0.2, 0.25) is 0 Å². The molecule has 1 fully saturated rings. The first-order valence-corrected chi connectivity index (χ1v) is 6.89. The minimum atomic E-state index is 0.0762. The van der Waals surface area contributed by atoms with Crippen LogP contribution in [0.25, 0.3) is 0 Å². The maximum atomic E-state index is 9.46. The average molecular weight is 237 g/mol. The third-order valence-corrected chi connectivity index (χ3v) is 4.50. The second-order valence-electron chi connectivity index (χ2n) is 4.28. The Bertz CT molecular complexity index is 317. The van der Waals surface area contributed by atoms with Gasteiger partial charge in [-0.15, -0.1) is 0 Å². The molecule has 1 aromatic rings. The number of rotatable bonds is 4. The number of thioether (sulfide) groups is 1. The van der Waals surface area contributed by atoms with Gasteiger partial charge in [-0.25, -0.2) is 0 Å². The zero-order chi connectivity index (χ0) is 11.4. The monoisotopic (exact) mass is 237 g/mol. The predicted molar refractivity (Wildman–Crippen MR) is 69.7 cm³/mol. The molecule has 1 heterocycles. The molecular formula is C13H19NOS. The Labute approximate surface area is 101 Å². The Balaban J connectivity index is 2.00. The predicted octanol–water partition coefficient (Wildman–Crippen LogP) is 2.20. The van der Waals surface area contributed by atoms with Crippen molar-refractivity contribution in [2.75, 3.05) is 12.4 Å². The van der Waals surface area contributed by atoms with E-state index in [4.69, 9.17) is 0 Å². The highest BCUT2D eigenvalue weighted by Gasteiger charge is 2.26. The van der Waals surface area contributed by atoms with E-state index in [-0.39, 0.29) is 12.6 Å². The molecule has 88 valence electrons. The highest BCUT2D eigenvalue weighted by atomic mass is 32.2. The third-order valence-electron chi connectivity index (χ3n) is 3.18. The van der Waals surface area contributed by atoms with Gasteiger partial charge < -0.3 is 10.4 Å². The van der Waals surface area contributed by atoms with Gasteiger partial charge in [0.1, 0.15) is 0 Å². The Kier molecular flexibility index (Phi) is 4.27. The molecule has 2 rings (SSSR count). The number of aliphatic hydroxyl groups is 1.